The van der Waals surface area contributed by atoms with Crippen LogP contribution in [0.2, 0.25) is 0 Å². The standard InChI is InChI=1S/C34H55N5O7/c1-21(2)18-27(30(41)37-28(19-22(3)4)31(42)39-33(44)46-34(6,7)8)36-26-17-13-12-16-25(26)35-23(5)29(40)38-32(43)45-20-24-14-10-9-11-15-24/h9-11,14-15,21-23,25-28,35-36H,12-13,16-20H2,1-8H3,(H,37,41)(H,38,40,43)(H,39,42,44)/t23-,25+,26+,27-,28+/m0/s1. The predicted octanol–water partition coefficient (Wildman–Crippen LogP) is 4.32. The van der Waals surface area contributed by atoms with E-state index in [0.29, 0.717) is 12.8 Å². The summed E-state index contributed by atoms with van der Waals surface area (Å²) in [5.74, 6) is -1.23. The molecule has 46 heavy (non-hydrogen) atoms. The number of ether oxygens (including phenoxy) is 2. The van der Waals surface area contributed by atoms with E-state index in [1.807, 2.05) is 58.0 Å². The first-order chi connectivity index (χ1) is 21.5. The minimum Gasteiger partial charge on any atom is -0.444 e. The van der Waals surface area contributed by atoms with E-state index in [2.05, 4.69) is 26.6 Å². The van der Waals surface area contributed by atoms with E-state index >= 15 is 0 Å². The maximum Gasteiger partial charge on any atom is 0.414 e. The largest absolute Gasteiger partial charge is 0.444 e. The molecule has 1 aromatic rings. The van der Waals surface area contributed by atoms with Gasteiger partial charge < -0.3 is 25.4 Å². The van der Waals surface area contributed by atoms with Gasteiger partial charge in [0.25, 0.3) is 5.91 Å². The second-order valence-electron chi connectivity index (χ2n) is 14.0. The van der Waals surface area contributed by atoms with Crippen LogP contribution in [-0.2, 0) is 30.5 Å². The van der Waals surface area contributed by atoms with Gasteiger partial charge in [-0.2, -0.15) is 0 Å². The number of nitrogens with one attached hydrogen (secondary N) is 5. The molecule has 0 aliphatic heterocycles. The van der Waals surface area contributed by atoms with Crippen molar-refractivity contribution >= 4 is 29.9 Å². The van der Waals surface area contributed by atoms with Gasteiger partial charge in [0.05, 0.1) is 12.1 Å². The number of amides is 5. The van der Waals surface area contributed by atoms with Crippen molar-refractivity contribution in [2.75, 3.05) is 0 Å². The van der Waals surface area contributed by atoms with Gasteiger partial charge in [-0.25, -0.2) is 9.59 Å². The van der Waals surface area contributed by atoms with Crippen LogP contribution >= 0.6 is 0 Å². The minimum atomic E-state index is -0.929. The highest BCUT2D eigenvalue weighted by Gasteiger charge is 2.34. The van der Waals surface area contributed by atoms with Gasteiger partial charge in [-0.05, 0) is 70.8 Å². The zero-order valence-electron chi connectivity index (χ0n) is 28.7. The van der Waals surface area contributed by atoms with Crippen LogP contribution in [0.25, 0.3) is 0 Å². The van der Waals surface area contributed by atoms with Crippen molar-refractivity contribution in [1.82, 2.24) is 26.6 Å². The molecule has 5 amide bonds. The summed E-state index contributed by atoms with van der Waals surface area (Å²) in [6, 6.07) is 6.68. The Morgan fingerprint density at radius 1 is 0.739 bits per heavy atom. The molecule has 1 fully saturated rings. The number of rotatable bonds is 14. The molecule has 258 valence electrons. The third kappa shape index (κ3) is 14.7. The summed E-state index contributed by atoms with van der Waals surface area (Å²) < 4.78 is 10.4. The maximum absolute atomic E-state index is 13.7. The number of imide groups is 2. The van der Waals surface area contributed by atoms with Crippen molar-refractivity contribution in [3.05, 3.63) is 35.9 Å². The Morgan fingerprint density at radius 2 is 1.28 bits per heavy atom. The van der Waals surface area contributed by atoms with Crippen molar-refractivity contribution in [2.45, 2.75) is 136 Å². The average molecular weight is 646 g/mol. The van der Waals surface area contributed by atoms with Gasteiger partial charge in [-0.3, -0.25) is 25.0 Å². The van der Waals surface area contributed by atoms with Gasteiger partial charge in [0.2, 0.25) is 11.8 Å². The van der Waals surface area contributed by atoms with Crippen LogP contribution in [0, 0.1) is 11.8 Å². The first-order valence-corrected chi connectivity index (χ1v) is 16.4. The first-order valence-electron chi connectivity index (χ1n) is 16.4. The van der Waals surface area contributed by atoms with Crippen molar-refractivity contribution in [3.8, 4) is 0 Å². The zero-order valence-corrected chi connectivity index (χ0v) is 28.7. The van der Waals surface area contributed by atoms with Crippen molar-refractivity contribution in [3.63, 3.8) is 0 Å². The highest BCUT2D eigenvalue weighted by Crippen LogP contribution is 2.21. The second kappa shape index (κ2) is 18.6. The molecule has 0 radical (unpaired) electrons. The van der Waals surface area contributed by atoms with Crippen molar-refractivity contribution < 1.29 is 33.4 Å². The molecule has 1 aliphatic rings. The molecule has 0 unspecified atom stereocenters. The molecule has 2 rings (SSSR count). The van der Waals surface area contributed by atoms with Crippen LogP contribution in [0.5, 0.6) is 0 Å². The normalized spacial score (nSPS) is 18.7. The lowest BCUT2D eigenvalue weighted by Gasteiger charge is -2.37. The third-order valence-corrected chi connectivity index (χ3v) is 7.46. The first kappa shape index (κ1) is 38.7. The Labute approximate surface area is 273 Å². The number of carbonyl (C=O) groups excluding carboxylic acids is 5. The molecule has 1 aliphatic carbocycles. The van der Waals surface area contributed by atoms with Gasteiger partial charge in [0, 0.05) is 12.1 Å². The molecule has 12 nitrogen and oxygen atoms in total. The zero-order chi connectivity index (χ0) is 34.4. The van der Waals surface area contributed by atoms with Crippen LogP contribution in [0.1, 0.15) is 99.5 Å². The lowest BCUT2D eigenvalue weighted by Crippen LogP contribution is -2.61. The summed E-state index contributed by atoms with van der Waals surface area (Å²) in [4.78, 5) is 64.1. The maximum atomic E-state index is 13.7. The summed E-state index contributed by atoms with van der Waals surface area (Å²) in [6.45, 7) is 14.7. The highest BCUT2D eigenvalue weighted by atomic mass is 16.6. The second-order valence-corrected chi connectivity index (χ2v) is 14.0. The Kier molecular flexibility index (Phi) is 15.6. The van der Waals surface area contributed by atoms with Gasteiger partial charge in [-0.15, -0.1) is 0 Å². The lowest BCUT2D eigenvalue weighted by molar-refractivity contribution is -0.130. The minimum absolute atomic E-state index is 0.0520. The molecule has 0 saturated heterocycles. The molecule has 0 heterocycles. The highest BCUT2D eigenvalue weighted by molar-refractivity contribution is 5.97. The van der Waals surface area contributed by atoms with Crippen LogP contribution in [0.15, 0.2) is 30.3 Å². The number of benzene rings is 1. The molecule has 12 heteroatoms. The number of hydrogen-bond donors (Lipinski definition) is 5. The lowest BCUT2D eigenvalue weighted by atomic mass is 9.88. The van der Waals surface area contributed by atoms with Crippen LogP contribution in [0.3, 0.4) is 0 Å². The molecule has 0 spiro atoms. The fourth-order valence-corrected chi connectivity index (χ4v) is 5.34. The van der Waals surface area contributed by atoms with Gasteiger partial charge >= 0.3 is 12.2 Å². The molecule has 1 saturated carbocycles. The van der Waals surface area contributed by atoms with Crippen LogP contribution in [0.4, 0.5) is 9.59 Å². The van der Waals surface area contributed by atoms with Crippen molar-refractivity contribution in [2.24, 2.45) is 11.8 Å². The van der Waals surface area contributed by atoms with Gasteiger partial charge in [0.15, 0.2) is 0 Å². The smallest absolute Gasteiger partial charge is 0.414 e. The van der Waals surface area contributed by atoms with Gasteiger partial charge in [0.1, 0.15) is 18.2 Å². The number of carbonyl (C=O) groups is 5. The SMILES string of the molecule is CC(C)C[C@H](N[C@@H]1CCCC[C@H]1N[C@@H](C)C(=O)NC(=O)OCc1ccccc1)C(=O)N[C@H](CC(C)C)C(=O)NC(=O)OC(C)(C)C. The molecule has 5 N–H and O–H groups in total. The molecule has 0 bridgehead atoms. The Morgan fingerprint density at radius 3 is 1.85 bits per heavy atom. The summed E-state index contributed by atoms with van der Waals surface area (Å²) in [6.07, 6.45) is 2.62. The molecule has 0 aromatic heterocycles. The third-order valence-electron chi connectivity index (χ3n) is 7.46. The van der Waals surface area contributed by atoms with E-state index in [1.54, 1.807) is 27.7 Å². The van der Waals surface area contributed by atoms with E-state index in [-0.39, 0.29) is 36.4 Å². The molecule has 1 aromatic carbocycles. The van der Waals surface area contributed by atoms with E-state index in [9.17, 15) is 24.0 Å². The monoisotopic (exact) mass is 645 g/mol. The van der Waals surface area contributed by atoms with Crippen LogP contribution in [-0.4, -0.2) is 65.7 Å². The van der Waals surface area contributed by atoms with E-state index < -0.39 is 47.7 Å². The Balaban J connectivity index is 2.05. The van der Waals surface area contributed by atoms with Crippen molar-refractivity contribution in [1.29, 1.82) is 0 Å². The van der Waals surface area contributed by atoms with E-state index in [1.165, 1.54) is 0 Å². The molecule has 5 atom stereocenters. The Bertz CT molecular complexity index is 1150. The summed E-state index contributed by atoms with van der Waals surface area (Å²) in [5, 5.41) is 14.3. The van der Waals surface area contributed by atoms with E-state index in [0.717, 1.165) is 31.2 Å². The van der Waals surface area contributed by atoms with E-state index in [4.69, 9.17) is 9.47 Å². The number of hydrogen-bond acceptors (Lipinski definition) is 9. The van der Waals surface area contributed by atoms with Crippen LogP contribution < -0.4 is 26.6 Å². The summed E-state index contributed by atoms with van der Waals surface area (Å²) in [7, 11) is 0. The topological polar surface area (TPSA) is 164 Å². The summed E-state index contributed by atoms with van der Waals surface area (Å²) >= 11 is 0. The van der Waals surface area contributed by atoms with Gasteiger partial charge in [-0.1, -0.05) is 70.9 Å². The molecular formula is C34H55N5O7. The average Bonchev–Trinajstić information content (AvgIpc) is 2.95. The summed E-state index contributed by atoms with van der Waals surface area (Å²) in [5.41, 5.74) is 0.0357. The fourth-order valence-electron chi connectivity index (χ4n) is 5.34. The molecular weight excluding hydrogens is 590 g/mol. The quantitative estimate of drug-likeness (QED) is 0.198. The fraction of sp³-hybridized carbons (Fsp3) is 0.676. The Hall–Kier alpha value is -3.51. The number of alkyl carbamates (subject to hydrolysis) is 2. The predicted molar refractivity (Wildman–Crippen MR) is 176 cm³/mol.